The van der Waals surface area contributed by atoms with Gasteiger partial charge in [-0.3, -0.25) is 0 Å². The summed E-state index contributed by atoms with van der Waals surface area (Å²) in [5.74, 6) is 0.917. The predicted molar refractivity (Wildman–Crippen MR) is 175 cm³/mol. The Morgan fingerprint density at radius 3 is 1.19 bits per heavy atom. The number of hydrogen-bond donors (Lipinski definition) is 0. The summed E-state index contributed by atoms with van der Waals surface area (Å²) in [6.07, 6.45) is 0. The molecule has 6 aromatic rings. The molecule has 0 fully saturated rings. The van der Waals surface area contributed by atoms with E-state index in [2.05, 4.69) is 150 Å². The van der Waals surface area contributed by atoms with Crippen molar-refractivity contribution in [3.63, 3.8) is 0 Å². The van der Waals surface area contributed by atoms with Gasteiger partial charge in [-0.25, -0.2) is 0 Å². The maximum Gasteiger partial charge on any atom is 4.00 e. The van der Waals surface area contributed by atoms with Gasteiger partial charge in [-0.1, -0.05) is 125 Å². The summed E-state index contributed by atoms with van der Waals surface area (Å²) in [4.78, 5) is 0. The average Bonchev–Trinajstić information content (AvgIpc) is 3.55. The summed E-state index contributed by atoms with van der Waals surface area (Å²) in [6.45, 7) is 14.7. The van der Waals surface area contributed by atoms with E-state index in [1.165, 1.54) is 54.9 Å². The van der Waals surface area contributed by atoms with E-state index in [1.807, 2.05) is 0 Å². The Morgan fingerprint density at radius 2 is 0.857 bits per heavy atom. The number of fused-ring (bicyclic) bond motifs is 2. The standard InChI is InChI=1S/C38H38Si.2ClH.Zr/c1-25(2)33-23-29-19-13-21-31(27-15-9-7-10-16-27)35(29)37(33)39(5,6)38-34(26(3)4)24-30-20-14-22-32(36(30)38)28-17-11-8-12-18-28;;;/h7-26H,1-6H3;2*1H;/q-2;;;+4/p-2. The second-order valence-electron chi connectivity index (χ2n) is 12.2. The first-order chi connectivity index (χ1) is 18.8. The molecule has 0 saturated carbocycles. The number of benzene rings is 4. The molecule has 0 unspecified atom stereocenters. The normalized spacial score (nSPS) is 11.4. The van der Waals surface area contributed by atoms with Crippen molar-refractivity contribution >= 4 is 40.0 Å². The minimum absolute atomic E-state index is 0. The Labute approximate surface area is 284 Å². The molecule has 0 aliphatic rings. The molecule has 0 aliphatic carbocycles. The molecule has 42 heavy (non-hydrogen) atoms. The second-order valence-corrected chi connectivity index (χ2v) is 16.4. The maximum atomic E-state index is 2.61. The molecule has 0 atom stereocenters. The summed E-state index contributed by atoms with van der Waals surface area (Å²) in [7, 11) is -2.22. The van der Waals surface area contributed by atoms with Gasteiger partial charge >= 0.3 is 26.2 Å². The quantitative estimate of drug-likeness (QED) is 0.185. The molecule has 0 radical (unpaired) electrons. The molecule has 0 saturated heterocycles. The second kappa shape index (κ2) is 13.6. The van der Waals surface area contributed by atoms with Gasteiger partial charge in [-0.2, -0.15) is 10.4 Å². The van der Waals surface area contributed by atoms with Crippen molar-refractivity contribution in [2.24, 2.45) is 0 Å². The third kappa shape index (κ3) is 5.81. The third-order valence-corrected chi connectivity index (χ3v) is 12.1. The Morgan fingerprint density at radius 1 is 0.500 bits per heavy atom. The Kier molecular flexibility index (Phi) is 11.1. The third-order valence-electron chi connectivity index (χ3n) is 8.56. The fourth-order valence-corrected chi connectivity index (χ4v) is 11.0. The molecule has 0 N–H and O–H groups in total. The van der Waals surface area contributed by atoms with E-state index in [-0.39, 0.29) is 51.0 Å². The zero-order valence-corrected chi connectivity index (χ0v) is 30.3. The Hall–Kier alpha value is -2.22. The maximum absolute atomic E-state index is 2.61. The molecule has 0 heterocycles. The molecular formula is C38H38Cl2SiZr. The molecule has 0 aliphatic heterocycles. The zero-order valence-electron chi connectivity index (χ0n) is 25.3. The van der Waals surface area contributed by atoms with E-state index in [9.17, 15) is 0 Å². The van der Waals surface area contributed by atoms with Gasteiger partial charge in [0, 0.05) is 8.07 Å². The molecule has 0 aromatic heterocycles. The van der Waals surface area contributed by atoms with Gasteiger partial charge in [0.1, 0.15) is 0 Å². The minimum atomic E-state index is -2.22. The van der Waals surface area contributed by atoms with E-state index < -0.39 is 8.07 Å². The monoisotopic (exact) mass is 682 g/mol. The smallest absolute Gasteiger partial charge is 1.00 e. The first-order valence-corrected chi connectivity index (χ1v) is 17.4. The summed E-state index contributed by atoms with van der Waals surface area (Å²) in [5, 5.41) is 8.91. The van der Waals surface area contributed by atoms with E-state index in [4.69, 9.17) is 0 Å². The van der Waals surface area contributed by atoms with Crippen LogP contribution in [0.15, 0.2) is 109 Å². The van der Waals surface area contributed by atoms with Crippen LogP contribution in [0.3, 0.4) is 0 Å². The SMILES string of the molecule is CC(C)c1[cH-]c2cccc(-c3ccccc3)c2c1[Si](C)(C)c1c(C(C)C)[cH-]c2cccc(-c3ccccc3)c12.[Cl-].[Cl-].[Zr+4]. The van der Waals surface area contributed by atoms with Gasteiger partial charge < -0.3 is 24.8 Å². The van der Waals surface area contributed by atoms with Gasteiger partial charge in [0.25, 0.3) is 0 Å². The van der Waals surface area contributed by atoms with Gasteiger partial charge in [-0.15, -0.1) is 69.1 Å². The fourth-order valence-electron chi connectivity index (χ4n) is 6.81. The Balaban J connectivity index is 0.00000161. The summed E-state index contributed by atoms with van der Waals surface area (Å²) >= 11 is 0. The van der Waals surface area contributed by atoms with Crippen LogP contribution in [0, 0.1) is 0 Å². The van der Waals surface area contributed by atoms with Crippen LogP contribution < -0.4 is 35.2 Å². The van der Waals surface area contributed by atoms with E-state index in [0.29, 0.717) is 11.8 Å². The van der Waals surface area contributed by atoms with E-state index in [1.54, 1.807) is 10.4 Å². The molecule has 0 bridgehead atoms. The van der Waals surface area contributed by atoms with Crippen molar-refractivity contribution in [2.75, 3.05) is 0 Å². The summed E-state index contributed by atoms with van der Waals surface area (Å²) in [5.41, 5.74) is 8.37. The first-order valence-electron chi connectivity index (χ1n) is 14.4. The largest absolute Gasteiger partial charge is 4.00 e. The Bertz CT molecular complexity index is 1650. The molecule has 0 spiro atoms. The van der Waals surface area contributed by atoms with E-state index in [0.717, 1.165) is 0 Å². The number of halogens is 2. The van der Waals surface area contributed by atoms with E-state index >= 15 is 0 Å². The fraction of sp³-hybridized carbons (Fsp3) is 0.211. The molecule has 212 valence electrons. The van der Waals surface area contributed by atoms with Crippen molar-refractivity contribution in [1.29, 1.82) is 0 Å². The molecule has 6 aromatic carbocycles. The van der Waals surface area contributed by atoms with Crippen molar-refractivity contribution < 1.29 is 51.0 Å². The number of hydrogen-bond acceptors (Lipinski definition) is 0. The van der Waals surface area contributed by atoms with Crippen molar-refractivity contribution in [1.82, 2.24) is 0 Å². The van der Waals surface area contributed by atoms with Gasteiger partial charge in [0.15, 0.2) is 0 Å². The number of rotatable bonds is 6. The van der Waals surface area contributed by atoms with Crippen molar-refractivity contribution in [3.05, 3.63) is 120 Å². The molecule has 0 amide bonds. The first kappa shape index (κ1) is 34.3. The van der Waals surface area contributed by atoms with Crippen LogP contribution in [0.25, 0.3) is 43.8 Å². The van der Waals surface area contributed by atoms with Crippen molar-refractivity contribution in [3.8, 4) is 22.3 Å². The minimum Gasteiger partial charge on any atom is -1.00 e. The van der Waals surface area contributed by atoms with Crippen LogP contribution in [0.4, 0.5) is 0 Å². The van der Waals surface area contributed by atoms with Gasteiger partial charge in [-0.05, 0) is 23.0 Å². The molecular weight excluding hydrogens is 647 g/mol. The van der Waals surface area contributed by atoms with Crippen LogP contribution in [0.1, 0.15) is 50.7 Å². The predicted octanol–water partition coefficient (Wildman–Crippen LogP) is 3.84. The van der Waals surface area contributed by atoms with Crippen LogP contribution in [-0.2, 0) is 26.2 Å². The van der Waals surface area contributed by atoms with Crippen LogP contribution in [0.2, 0.25) is 13.1 Å². The van der Waals surface area contributed by atoms with Gasteiger partial charge in [0.05, 0.1) is 0 Å². The van der Waals surface area contributed by atoms with Crippen LogP contribution in [0.5, 0.6) is 0 Å². The average molecular weight is 685 g/mol. The summed E-state index contributed by atoms with van der Waals surface area (Å²) in [6, 6.07) is 40.7. The topological polar surface area (TPSA) is 0 Å². The van der Waals surface area contributed by atoms with Gasteiger partial charge in [0.2, 0.25) is 0 Å². The van der Waals surface area contributed by atoms with Crippen LogP contribution >= 0.6 is 0 Å². The zero-order chi connectivity index (χ0) is 27.3. The summed E-state index contributed by atoms with van der Waals surface area (Å²) < 4.78 is 0. The molecule has 0 nitrogen and oxygen atoms in total. The van der Waals surface area contributed by atoms with Crippen molar-refractivity contribution in [2.45, 2.75) is 52.6 Å². The molecule has 4 heteroatoms. The molecule has 6 rings (SSSR count). The van der Waals surface area contributed by atoms with Crippen LogP contribution in [-0.4, -0.2) is 8.07 Å².